The Bertz CT molecular complexity index is 741. The molecule has 122 valence electrons. The maximum Gasteiger partial charge on any atom is 0.338 e. The van der Waals surface area contributed by atoms with Gasteiger partial charge in [-0.05, 0) is 31.2 Å². The van der Waals surface area contributed by atoms with Gasteiger partial charge in [-0.25, -0.2) is 4.79 Å². The van der Waals surface area contributed by atoms with Gasteiger partial charge in [0, 0.05) is 25.2 Å². The van der Waals surface area contributed by atoms with Gasteiger partial charge in [-0.15, -0.1) is 0 Å². The summed E-state index contributed by atoms with van der Waals surface area (Å²) in [5.74, 6) is 0.0792. The van der Waals surface area contributed by atoms with Crippen molar-refractivity contribution < 1.29 is 19.1 Å². The normalized spacial score (nSPS) is 10.4. The summed E-state index contributed by atoms with van der Waals surface area (Å²) < 4.78 is 10.4. The van der Waals surface area contributed by atoms with Gasteiger partial charge in [-0.2, -0.15) is 0 Å². The molecule has 2 rings (SSSR count). The molecule has 0 radical (unpaired) electrons. The third-order valence-electron chi connectivity index (χ3n) is 3.41. The molecule has 0 spiro atoms. The van der Waals surface area contributed by atoms with Crippen molar-refractivity contribution in [3.05, 3.63) is 35.5 Å². The van der Waals surface area contributed by atoms with E-state index in [1.807, 2.05) is 6.92 Å². The van der Waals surface area contributed by atoms with Crippen LogP contribution in [0.5, 0.6) is 5.75 Å². The molecule has 23 heavy (non-hydrogen) atoms. The first kappa shape index (κ1) is 16.7. The largest absolute Gasteiger partial charge is 0.497 e. The lowest BCUT2D eigenvalue weighted by molar-refractivity contribution is -0.129. The standard InChI is InChI=1S/C17H20N2O4/c1-11-9-14(17(21)23-8-7-16(20)19(2)3)13-10-12(22-4)5-6-15(13)18-11/h5-6,9-10H,7-8H2,1-4H3. The second-order valence-corrected chi connectivity index (χ2v) is 5.37. The van der Waals surface area contributed by atoms with E-state index in [0.717, 1.165) is 5.69 Å². The van der Waals surface area contributed by atoms with Crippen LogP contribution in [0, 0.1) is 6.92 Å². The van der Waals surface area contributed by atoms with Crippen LogP contribution < -0.4 is 4.74 Å². The van der Waals surface area contributed by atoms with E-state index in [2.05, 4.69) is 4.98 Å². The molecule has 0 unspecified atom stereocenters. The minimum absolute atomic E-state index is 0.0443. The summed E-state index contributed by atoms with van der Waals surface area (Å²) in [5, 5.41) is 0.666. The number of methoxy groups -OCH3 is 1. The molecule has 0 atom stereocenters. The molecule has 0 aliphatic heterocycles. The fraction of sp³-hybridized carbons (Fsp3) is 0.353. The number of hydrogen-bond donors (Lipinski definition) is 0. The highest BCUT2D eigenvalue weighted by Crippen LogP contribution is 2.24. The molecule has 0 saturated carbocycles. The molecular formula is C17H20N2O4. The minimum atomic E-state index is -0.472. The summed E-state index contributed by atoms with van der Waals surface area (Å²) >= 11 is 0. The number of nitrogens with zero attached hydrogens (tertiary/aromatic N) is 2. The van der Waals surface area contributed by atoms with Crippen LogP contribution in [-0.2, 0) is 9.53 Å². The van der Waals surface area contributed by atoms with Gasteiger partial charge in [0.05, 0.1) is 24.6 Å². The number of fused-ring (bicyclic) bond motifs is 1. The SMILES string of the molecule is COc1ccc2nc(C)cc(C(=O)OCCC(=O)N(C)C)c2c1. The average Bonchev–Trinajstić information content (AvgIpc) is 2.53. The Hall–Kier alpha value is -2.63. The first-order valence-electron chi connectivity index (χ1n) is 7.25. The number of amides is 1. The lowest BCUT2D eigenvalue weighted by atomic mass is 10.1. The number of esters is 1. The number of benzene rings is 1. The van der Waals surface area contributed by atoms with E-state index >= 15 is 0 Å². The Labute approximate surface area is 135 Å². The van der Waals surface area contributed by atoms with Gasteiger partial charge in [0.2, 0.25) is 5.91 Å². The maximum atomic E-state index is 12.3. The second kappa shape index (κ2) is 7.09. The summed E-state index contributed by atoms with van der Waals surface area (Å²) in [6.07, 6.45) is 0.157. The molecule has 0 aliphatic carbocycles. The first-order chi connectivity index (χ1) is 10.9. The number of carbonyl (C=O) groups excluding carboxylic acids is 2. The van der Waals surface area contributed by atoms with E-state index in [0.29, 0.717) is 22.2 Å². The first-order valence-corrected chi connectivity index (χ1v) is 7.25. The molecule has 0 fully saturated rings. The molecule has 0 bridgehead atoms. The highest BCUT2D eigenvalue weighted by molar-refractivity contribution is 6.04. The molecular weight excluding hydrogens is 296 g/mol. The Morgan fingerprint density at radius 3 is 2.61 bits per heavy atom. The predicted octanol–water partition coefficient (Wildman–Crippen LogP) is 2.19. The zero-order chi connectivity index (χ0) is 17.0. The monoisotopic (exact) mass is 316 g/mol. The van der Waals surface area contributed by atoms with E-state index in [4.69, 9.17) is 9.47 Å². The summed E-state index contributed by atoms with van der Waals surface area (Å²) in [6, 6.07) is 7.02. The van der Waals surface area contributed by atoms with Crippen molar-refractivity contribution in [1.29, 1.82) is 0 Å². The van der Waals surface area contributed by atoms with Gasteiger partial charge in [0.1, 0.15) is 12.4 Å². The van der Waals surface area contributed by atoms with Crippen molar-refractivity contribution in [1.82, 2.24) is 9.88 Å². The molecule has 0 saturated heterocycles. The number of pyridine rings is 1. The molecule has 1 aromatic carbocycles. The maximum absolute atomic E-state index is 12.3. The Balaban J connectivity index is 2.23. The minimum Gasteiger partial charge on any atom is -0.497 e. The van der Waals surface area contributed by atoms with Crippen LogP contribution in [0.3, 0.4) is 0 Å². The smallest absolute Gasteiger partial charge is 0.338 e. The molecule has 2 aromatic rings. The third kappa shape index (κ3) is 3.97. The fourth-order valence-corrected chi connectivity index (χ4v) is 2.17. The van der Waals surface area contributed by atoms with Crippen molar-refractivity contribution >= 4 is 22.8 Å². The number of carbonyl (C=O) groups is 2. The quantitative estimate of drug-likeness (QED) is 0.791. The Morgan fingerprint density at radius 1 is 1.22 bits per heavy atom. The topological polar surface area (TPSA) is 68.7 Å². The average molecular weight is 316 g/mol. The van der Waals surface area contributed by atoms with Gasteiger partial charge >= 0.3 is 5.97 Å². The van der Waals surface area contributed by atoms with Gasteiger partial charge in [0.25, 0.3) is 0 Å². The summed E-state index contributed by atoms with van der Waals surface area (Å²) in [7, 11) is 4.89. The van der Waals surface area contributed by atoms with Crippen molar-refractivity contribution in [3.63, 3.8) is 0 Å². The summed E-state index contributed by atoms with van der Waals surface area (Å²) in [4.78, 5) is 29.7. The van der Waals surface area contributed by atoms with Gasteiger partial charge in [-0.3, -0.25) is 9.78 Å². The predicted molar refractivity (Wildman–Crippen MR) is 86.6 cm³/mol. The van der Waals surface area contributed by atoms with Crippen molar-refractivity contribution in [3.8, 4) is 5.75 Å². The lowest BCUT2D eigenvalue weighted by Crippen LogP contribution is -2.23. The Morgan fingerprint density at radius 2 is 1.96 bits per heavy atom. The van der Waals surface area contributed by atoms with E-state index in [1.54, 1.807) is 45.5 Å². The number of aryl methyl sites for hydroxylation is 1. The Kier molecular flexibility index (Phi) is 5.16. The van der Waals surface area contributed by atoms with Crippen LogP contribution in [-0.4, -0.2) is 49.6 Å². The van der Waals surface area contributed by atoms with Crippen molar-refractivity contribution in [2.24, 2.45) is 0 Å². The fourth-order valence-electron chi connectivity index (χ4n) is 2.17. The van der Waals surface area contributed by atoms with Gasteiger partial charge in [-0.1, -0.05) is 0 Å². The molecule has 0 N–H and O–H groups in total. The zero-order valence-electron chi connectivity index (χ0n) is 13.8. The number of ether oxygens (including phenoxy) is 2. The van der Waals surface area contributed by atoms with Crippen LogP contribution in [0.4, 0.5) is 0 Å². The molecule has 0 aliphatic rings. The molecule has 6 nitrogen and oxygen atoms in total. The second-order valence-electron chi connectivity index (χ2n) is 5.37. The van der Waals surface area contributed by atoms with E-state index in [9.17, 15) is 9.59 Å². The van der Waals surface area contributed by atoms with E-state index in [-0.39, 0.29) is 18.9 Å². The van der Waals surface area contributed by atoms with Crippen LogP contribution in [0.25, 0.3) is 10.9 Å². The molecule has 1 aromatic heterocycles. The van der Waals surface area contributed by atoms with Gasteiger partial charge < -0.3 is 14.4 Å². The van der Waals surface area contributed by atoms with Crippen LogP contribution in [0.15, 0.2) is 24.3 Å². The van der Waals surface area contributed by atoms with E-state index in [1.165, 1.54) is 4.90 Å². The van der Waals surface area contributed by atoms with Crippen molar-refractivity contribution in [2.75, 3.05) is 27.8 Å². The third-order valence-corrected chi connectivity index (χ3v) is 3.41. The van der Waals surface area contributed by atoms with Crippen LogP contribution >= 0.6 is 0 Å². The molecule has 1 amide bonds. The number of hydrogen-bond acceptors (Lipinski definition) is 5. The summed E-state index contributed by atoms with van der Waals surface area (Å²) in [5.41, 5.74) is 1.84. The number of rotatable bonds is 5. The summed E-state index contributed by atoms with van der Waals surface area (Å²) in [6.45, 7) is 1.86. The number of aromatic nitrogens is 1. The highest BCUT2D eigenvalue weighted by atomic mass is 16.5. The zero-order valence-corrected chi connectivity index (χ0v) is 13.8. The van der Waals surface area contributed by atoms with Crippen LogP contribution in [0.2, 0.25) is 0 Å². The lowest BCUT2D eigenvalue weighted by Gasteiger charge is -2.11. The van der Waals surface area contributed by atoms with Crippen molar-refractivity contribution in [2.45, 2.75) is 13.3 Å². The highest BCUT2D eigenvalue weighted by Gasteiger charge is 2.15. The van der Waals surface area contributed by atoms with Crippen LogP contribution in [0.1, 0.15) is 22.5 Å². The van der Waals surface area contributed by atoms with Gasteiger partial charge in [0.15, 0.2) is 0 Å². The molecule has 1 heterocycles. The molecule has 6 heteroatoms. The van der Waals surface area contributed by atoms with E-state index < -0.39 is 5.97 Å².